The number of hydrogen-bond acceptors (Lipinski definition) is 4. The Bertz CT molecular complexity index is 1030. The lowest BCUT2D eigenvalue weighted by atomic mass is 9.97. The normalized spacial score (nSPS) is 16.4. The Morgan fingerprint density at radius 2 is 1.84 bits per heavy atom. The Morgan fingerprint density at radius 3 is 2.55 bits per heavy atom. The molecule has 1 unspecified atom stereocenters. The van der Waals surface area contributed by atoms with Crippen LogP contribution in [0, 0.1) is 11.7 Å². The fraction of sp³-hybridized carbons (Fsp3) is 0.320. The number of halogens is 1. The summed E-state index contributed by atoms with van der Waals surface area (Å²) in [7, 11) is 0. The predicted molar refractivity (Wildman–Crippen MR) is 122 cm³/mol. The highest BCUT2D eigenvalue weighted by atomic mass is 19.1. The van der Waals surface area contributed by atoms with Crippen LogP contribution < -0.4 is 10.2 Å². The van der Waals surface area contributed by atoms with Crippen molar-refractivity contribution in [1.82, 2.24) is 9.97 Å². The summed E-state index contributed by atoms with van der Waals surface area (Å²) in [5.74, 6) is 1.44. The van der Waals surface area contributed by atoms with Crippen molar-refractivity contribution in [3.05, 3.63) is 72.2 Å². The van der Waals surface area contributed by atoms with Gasteiger partial charge < -0.3 is 10.2 Å². The van der Waals surface area contributed by atoms with Crippen LogP contribution in [0.5, 0.6) is 0 Å². The lowest BCUT2D eigenvalue weighted by Gasteiger charge is -2.33. The van der Waals surface area contributed by atoms with Crippen LogP contribution in [0.3, 0.4) is 0 Å². The molecule has 0 radical (unpaired) electrons. The largest absolute Gasteiger partial charge is 0.356 e. The maximum atomic E-state index is 13.2. The maximum Gasteiger partial charge on any atom is 0.229 e. The van der Waals surface area contributed by atoms with Gasteiger partial charge in [0.25, 0.3) is 0 Å². The predicted octanol–water partition coefficient (Wildman–Crippen LogP) is 5.26. The minimum atomic E-state index is -0.288. The zero-order valence-electron chi connectivity index (χ0n) is 17.9. The van der Waals surface area contributed by atoms with Gasteiger partial charge >= 0.3 is 0 Å². The molecule has 160 valence electrons. The summed E-state index contributed by atoms with van der Waals surface area (Å²) >= 11 is 0. The first kappa shape index (κ1) is 21.0. The number of carbonyl (C=O) groups is 1. The van der Waals surface area contributed by atoms with E-state index in [0.29, 0.717) is 18.3 Å². The molecule has 4 rings (SSSR count). The minimum Gasteiger partial charge on any atom is -0.356 e. The van der Waals surface area contributed by atoms with Gasteiger partial charge in [-0.05, 0) is 66.8 Å². The monoisotopic (exact) mass is 418 g/mol. The van der Waals surface area contributed by atoms with Gasteiger partial charge in [-0.2, -0.15) is 0 Å². The average Bonchev–Trinajstić information content (AvgIpc) is 2.80. The SMILES string of the molecule is CC(C)c1ccc(NC(=O)C2CCCN(c3ccnc(-c4ccc(F)cc4)n3)C2)cc1. The van der Waals surface area contributed by atoms with E-state index in [2.05, 4.69) is 46.2 Å². The van der Waals surface area contributed by atoms with Gasteiger partial charge in [-0.15, -0.1) is 0 Å². The van der Waals surface area contributed by atoms with E-state index < -0.39 is 0 Å². The van der Waals surface area contributed by atoms with Crippen LogP contribution in [-0.4, -0.2) is 29.0 Å². The number of aromatic nitrogens is 2. The second-order valence-electron chi connectivity index (χ2n) is 8.30. The molecular weight excluding hydrogens is 391 g/mol. The second-order valence-corrected chi connectivity index (χ2v) is 8.30. The topological polar surface area (TPSA) is 58.1 Å². The van der Waals surface area contributed by atoms with Crippen molar-refractivity contribution >= 4 is 17.4 Å². The molecule has 0 saturated carbocycles. The van der Waals surface area contributed by atoms with Gasteiger partial charge in [0.15, 0.2) is 5.82 Å². The van der Waals surface area contributed by atoms with Crippen LogP contribution in [0.4, 0.5) is 15.9 Å². The molecule has 2 aromatic carbocycles. The number of benzene rings is 2. The van der Waals surface area contributed by atoms with Gasteiger partial charge in [-0.3, -0.25) is 4.79 Å². The van der Waals surface area contributed by atoms with Gasteiger partial charge in [0.2, 0.25) is 5.91 Å². The van der Waals surface area contributed by atoms with E-state index in [9.17, 15) is 9.18 Å². The fourth-order valence-corrected chi connectivity index (χ4v) is 3.86. The van der Waals surface area contributed by atoms with E-state index in [1.807, 2.05) is 18.2 Å². The third kappa shape index (κ3) is 5.08. The zero-order valence-corrected chi connectivity index (χ0v) is 17.9. The Morgan fingerprint density at radius 1 is 1.10 bits per heavy atom. The first-order valence-corrected chi connectivity index (χ1v) is 10.7. The quantitative estimate of drug-likeness (QED) is 0.614. The summed E-state index contributed by atoms with van der Waals surface area (Å²) in [4.78, 5) is 24.0. The number of carbonyl (C=O) groups excluding carboxylic acids is 1. The van der Waals surface area contributed by atoms with Crippen LogP contribution in [0.1, 0.15) is 38.2 Å². The van der Waals surface area contributed by atoms with Crippen molar-refractivity contribution in [3.63, 3.8) is 0 Å². The molecule has 1 amide bonds. The lowest BCUT2D eigenvalue weighted by molar-refractivity contribution is -0.120. The first-order chi connectivity index (χ1) is 15.0. The number of amides is 1. The molecule has 0 bridgehead atoms. The third-order valence-electron chi connectivity index (χ3n) is 5.70. The molecule has 6 heteroatoms. The van der Waals surface area contributed by atoms with Gasteiger partial charge in [0.1, 0.15) is 11.6 Å². The lowest BCUT2D eigenvalue weighted by Crippen LogP contribution is -2.41. The molecule has 1 saturated heterocycles. The minimum absolute atomic E-state index is 0.0369. The van der Waals surface area contributed by atoms with Crippen molar-refractivity contribution in [1.29, 1.82) is 0 Å². The van der Waals surface area contributed by atoms with Crippen molar-refractivity contribution in [2.24, 2.45) is 5.92 Å². The highest BCUT2D eigenvalue weighted by Gasteiger charge is 2.27. The van der Waals surface area contributed by atoms with Crippen LogP contribution in [0.25, 0.3) is 11.4 Å². The van der Waals surface area contributed by atoms with E-state index >= 15 is 0 Å². The maximum absolute atomic E-state index is 13.2. The Kier molecular flexibility index (Phi) is 6.26. The van der Waals surface area contributed by atoms with Crippen molar-refractivity contribution in [3.8, 4) is 11.4 Å². The molecule has 1 aliphatic heterocycles. The van der Waals surface area contributed by atoms with E-state index in [1.165, 1.54) is 17.7 Å². The summed E-state index contributed by atoms with van der Waals surface area (Å²) in [6.45, 7) is 5.75. The highest BCUT2D eigenvalue weighted by molar-refractivity contribution is 5.93. The smallest absolute Gasteiger partial charge is 0.229 e. The molecule has 1 aromatic heterocycles. The Labute approximate surface area is 182 Å². The summed E-state index contributed by atoms with van der Waals surface area (Å²) in [6.07, 6.45) is 3.48. The summed E-state index contributed by atoms with van der Waals surface area (Å²) in [5, 5.41) is 3.06. The van der Waals surface area contributed by atoms with Crippen LogP contribution >= 0.6 is 0 Å². The number of piperidine rings is 1. The Hall–Kier alpha value is -3.28. The van der Waals surface area contributed by atoms with Gasteiger partial charge in [0.05, 0.1) is 5.92 Å². The molecule has 3 aromatic rings. The summed E-state index contributed by atoms with van der Waals surface area (Å²) < 4.78 is 13.2. The highest BCUT2D eigenvalue weighted by Crippen LogP contribution is 2.25. The number of rotatable bonds is 5. The number of hydrogen-bond donors (Lipinski definition) is 1. The molecule has 1 aliphatic rings. The van der Waals surface area contributed by atoms with Crippen LogP contribution in [-0.2, 0) is 4.79 Å². The molecule has 1 N–H and O–H groups in total. The van der Waals surface area contributed by atoms with Crippen molar-refractivity contribution in [2.75, 3.05) is 23.3 Å². The number of nitrogens with zero attached hydrogens (tertiary/aromatic N) is 3. The standard InChI is InChI=1S/C25H27FN4O/c1-17(2)18-7-11-22(12-8-18)28-25(31)20-4-3-15-30(16-20)23-13-14-27-24(29-23)19-5-9-21(26)10-6-19/h5-14,17,20H,3-4,15-16H2,1-2H3,(H,28,31). The third-order valence-corrected chi connectivity index (χ3v) is 5.70. The molecular formula is C25H27FN4O. The van der Waals surface area contributed by atoms with Gasteiger partial charge in [-0.1, -0.05) is 26.0 Å². The van der Waals surface area contributed by atoms with E-state index in [1.54, 1.807) is 18.3 Å². The number of nitrogens with one attached hydrogen (secondary N) is 1. The van der Waals surface area contributed by atoms with E-state index in [-0.39, 0.29) is 17.6 Å². The second kappa shape index (κ2) is 9.25. The average molecular weight is 419 g/mol. The molecule has 0 spiro atoms. The van der Waals surface area contributed by atoms with Gasteiger partial charge in [-0.25, -0.2) is 14.4 Å². The number of anilines is 2. The molecule has 0 aliphatic carbocycles. The van der Waals surface area contributed by atoms with Gasteiger partial charge in [0, 0.05) is 30.5 Å². The van der Waals surface area contributed by atoms with Crippen molar-refractivity contribution in [2.45, 2.75) is 32.6 Å². The molecule has 1 fully saturated rings. The van der Waals surface area contributed by atoms with E-state index in [4.69, 9.17) is 0 Å². The molecule has 2 heterocycles. The zero-order chi connectivity index (χ0) is 21.8. The van der Waals surface area contributed by atoms with E-state index in [0.717, 1.165) is 36.5 Å². The fourth-order valence-electron chi connectivity index (χ4n) is 3.86. The summed E-state index contributed by atoms with van der Waals surface area (Å²) in [6, 6.07) is 16.1. The first-order valence-electron chi connectivity index (χ1n) is 10.7. The molecule has 1 atom stereocenters. The van der Waals surface area contributed by atoms with Crippen LogP contribution in [0.2, 0.25) is 0 Å². The van der Waals surface area contributed by atoms with Crippen LogP contribution in [0.15, 0.2) is 60.8 Å². The molecule has 31 heavy (non-hydrogen) atoms. The summed E-state index contributed by atoms with van der Waals surface area (Å²) in [5.41, 5.74) is 2.84. The molecule has 5 nitrogen and oxygen atoms in total. The Balaban J connectivity index is 1.44. The van der Waals surface area contributed by atoms with Crippen molar-refractivity contribution < 1.29 is 9.18 Å².